The molecule has 4 nitrogen and oxygen atoms in total. The number of rotatable bonds is 8. The summed E-state index contributed by atoms with van der Waals surface area (Å²) in [5, 5.41) is 2.56. The fourth-order valence-electron chi connectivity index (χ4n) is 3.07. The lowest BCUT2D eigenvalue weighted by Gasteiger charge is -2.28. The van der Waals surface area contributed by atoms with Crippen molar-refractivity contribution in [3.05, 3.63) is 71.0 Å². The van der Waals surface area contributed by atoms with Crippen LogP contribution in [-0.4, -0.2) is 29.8 Å². The summed E-state index contributed by atoms with van der Waals surface area (Å²) in [4.78, 5) is 26.4. The maximum Gasteiger partial charge on any atom is 0.242 e. The van der Waals surface area contributed by atoms with E-state index in [-0.39, 0.29) is 30.6 Å². The molecule has 28 heavy (non-hydrogen) atoms. The molecule has 0 spiro atoms. The fourth-order valence-corrected chi connectivity index (χ4v) is 3.07. The molecule has 1 unspecified atom stereocenters. The molecule has 0 saturated heterocycles. The smallest absolute Gasteiger partial charge is 0.242 e. The average molecular weight is 384 g/mol. The van der Waals surface area contributed by atoms with Gasteiger partial charge in [-0.25, -0.2) is 4.39 Å². The van der Waals surface area contributed by atoms with Crippen molar-refractivity contribution in [2.75, 3.05) is 7.05 Å². The number of hydrogen-bond donors (Lipinski definition) is 1. The number of hydrogen-bond acceptors (Lipinski definition) is 2. The second-order valence-corrected chi connectivity index (χ2v) is 7.30. The highest BCUT2D eigenvalue weighted by molar-refractivity contribution is 5.87. The van der Waals surface area contributed by atoms with Gasteiger partial charge in [-0.3, -0.25) is 9.59 Å². The van der Waals surface area contributed by atoms with Crippen LogP contribution in [0, 0.1) is 5.82 Å². The van der Waals surface area contributed by atoms with E-state index in [1.54, 1.807) is 25.1 Å². The minimum Gasteiger partial charge on any atom is -0.357 e. The number of aryl methyl sites for hydroxylation is 1. The molecule has 1 N–H and O–H groups in total. The SMILES string of the molecule is CNC(=O)C(C)N(Cc1ccccc1F)C(=O)CCc1ccc(C(C)C)cc1. The number of halogens is 1. The van der Waals surface area contributed by atoms with E-state index in [1.807, 2.05) is 12.1 Å². The molecule has 0 radical (unpaired) electrons. The van der Waals surface area contributed by atoms with Crippen molar-refractivity contribution in [1.29, 1.82) is 0 Å². The first-order valence-electron chi connectivity index (χ1n) is 9.66. The van der Waals surface area contributed by atoms with Crippen molar-refractivity contribution in [3.63, 3.8) is 0 Å². The number of nitrogens with one attached hydrogen (secondary N) is 1. The monoisotopic (exact) mass is 384 g/mol. The molecule has 0 fully saturated rings. The van der Waals surface area contributed by atoms with Gasteiger partial charge in [0.1, 0.15) is 11.9 Å². The molecule has 2 amide bonds. The predicted molar refractivity (Wildman–Crippen MR) is 109 cm³/mol. The van der Waals surface area contributed by atoms with Gasteiger partial charge in [0.25, 0.3) is 0 Å². The summed E-state index contributed by atoms with van der Waals surface area (Å²) in [5.74, 6) is -0.368. The summed E-state index contributed by atoms with van der Waals surface area (Å²) < 4.78 is 14.1. The van der Waals surface area contributed by atoms with E-state index in [9.17, 15) is 14.0 Å². The van der Waals surface area contributed by atoms with Crippen LogP contribution in [-0.2, 0) is 22.6 Å². The van der Waals surface area contributed by atoms with Crippen molar-refractivity contribution in [2.24, 2.45) is 0 Å². The molecule has 1 atom stereocenters. The Labute approximate surface area is 166 Å². The maximum atomic E-state index is 14.1. The first-order valence-corrected chi connectivity index (χ1v) is 9.66. The molecule has 5 heteroatoms. The molecule has 0 aliphatic carbocycles. The molecule has 0 bridgehead atoms. The van der Waals surface area contributed by atoms with E-state index in [0.29, 0.717) is 17.9 Å². The molecular weight excluding hydrogens is 355 g/mol. The Morgan fingerprint density at radius 1 is 1.04 bits per heavy atom. The lowest BCUT2D eigenvalue weighted by Crippen LogP contribution is -2.46. The Hall–Kier alpha value is -2.69. The number of nitrogens with zero attached hydrogens (tertiary/aromatic N) is 1. The lowest BCUT2D eigenvalue weighted by atomic mass is 10.00. The van der Waals surface area contributed by atoms with E-state index in [2.05, 4.69) is 31.3 Å². The largest absolute Gasteiger partial charge is 0.357 e. The van der Waals surface area contributed by atoms with Crippen LogP contribution in [0.3, 0.4) is 0 Å². The summed E-state index contributed by atoms with van der Waals surface area (Å²) in [6.45, 7) is 6.00. The first kappa shape index (κ1) is 21.6. The summed E-state index contributed by atoms with van der Waals surface area (Å²) in [6.07, 6.45) is 0.836. The van der Waals surface area contributed by atoms with Crippen LogP contribution in [0.4, 0.5) is 4.39 Å². The summed E-state index contributed by atoms with van der Waals surface area (Å²) in [7, 11) is 1.53. The number of benzene rings is 2. The van der Waals surface area contributed by atoms with Crippen molar-refractivity contribution < 1.29 is 14.0 Å². The lowest BCUT2D eigenvalue weighted by molar-refractivity contribution is -0.140. The number of carbonyl (C=O) groups excluding carboxylic acids is 2. The third-order valence-corrected chi connectivity index (χ3v) is 4.99. The van der Waals surface area contributed by atoms with Gasteiger partial charge in [0, 0.05) is 25.6 Å². The highest BCUT2D eigenvalue weighted by atomic mass is 19.1. The van der Waals surface area contributed by atoms with Gasteiger partial charge in [-0.2, -0.15) is 0 Å². The van der Waals surface area contributed by atoms with Gasteiger partial charge in [-0.05, 0) is 36.5 Å². The Morgan fingerprint density at radius 3 is 2.25 bits per heavy atom. The quantitative estimate of drug-likeness (QED) is 0.747. The van der Waals surface area contributed by atoms with E-state index in [0.717, 1.165) is 5.56 Å². The van der Waals surface area contributed by atoms with Crippen LogP contribution in [0.25, 0.3) is 0 Å². The van der Waals surface area contributed by atoms with E-state index in [4.69, 9.17) is 0 Å². The minimum absolute atomic E-state index is 0.0619. The minimum atomic E-state index is -0.680. The van der Waals surface area contributed by atoms with Crippen LogP contribution in [0.5, 0.6) is 0 Å². The normalized spacial score (nSPS) is 11.9. The molecule has 2 aromatic rings. The highest BCUT2D eigenvalue weighted by Gasteiger charge is 2.26. The average Bonchev–Trinajstić information content (AvgIpc) is 2.70. The second-order valence-electron chi connectivity index (χ2n) is 7.30. The Balaban J connectivity index is 2.11. The predicted octanol–water partition coefficient (Wildman–Crippen LogP) is 4.05. The van der Waals surface area contributed by atoms with Crippen LogP contribution in [0.2, 0.25) is 0 Å². The number of carbonyl (C=O) groups is 2. The first-order chi connectivity index (χ1) is 13.3. The molecule has 0 heterocycles. The molecule has 2 aromatic carbocycles. The van der Waals surface area contributed by atoms with Crippen LogP contribution in [0.15, 0.2) is 48.5 Å². The zero-order valence-electron chi connectivity index (χ0n) is 17.0. The van der Waals surface area contributed by atoms with Gasteiger partial charge in [0.15, 0.2) is 0 Å². The van der Waals surface area contributed by atoms with E-state index < -0.39 is 6.04 Å². The summed E-state index contributed by atoms with van der Waals surface area (Å²) in [6, 6.07) is 13.9. The molecule has 0 aliphatic rings. The Kier molecular flexibility index (Phi) is 7.73. The molecule has 0 aromatic heterocycles. The van der Waals surface area contributed by atoms with Gasteiger partial charge < -0.3 is 10.2 Å². The third-order valence-electron chi connectivity index (χ3n) is 4.99. The number of likely N-dealkylation sites (N-methyl/N-ethyl adjacent to an activating group) is 1. The summed E-state index contributed by atoms with van der Waals surface area (Å²) in [5.41, 5.74) is 2.72. The van der Waals surface area contributed by atoms with Crippen LogP contribution < -0.4 is 5.32 Å². The molecule has 2 rings (SSSR count). The Bertz CT molecular complexity index is 803. The van der Waals surface area contributed by atoms with Crippen LogP contribution in [0.1, 0.15) is 49.8 Å². The van der Waals surface area contributed by atoms with E-state index >= 15 is 0 Å². The van der Waals surface area contributed by atoms with Crippen molar-refractivity contribution in [1.82, 2.24) is 10.2 Å². The van der Waals surface area contributed by atoms with E-state index in [1.165, 1.54) is 23.6 Å². The third kappa shape index (κ3) is 5.65. The van der Waals surface area contributed by atoms with Crippen molar-refractivity contribution >= 4 is 11.8 Å². The molecular formula is C23H29FN2O2. The fraction of sp³-hybridized carbons (Fsp3) is 0.391. The summed E-state index contributed by atoms with van der Waals surface area (Å²) >= 11 is 0. The van der Waals surface area contributed by atoms with Crippen LogP contribution >= 0.6 is 0 Å². The zero-order chi connectivity index (χ0) is 20.7. The molecule has 150 valence electrons. The molecule has 0 saturated carbocycles. The second kappa shape index (κ2) is 10.0. The topological polar surface area (TPSA) is 49.4 Å². The maximum absolute atomic E-state index is 14.1. The van der Waals surface area contributed by atoms with Crippen molar-refractivity contribution in [2.45, 2.75) is 52.1 Å². The molecule has 0 aliphatic heterocycles. The van der Waals surface area contributed by atoms with Gasteiger partial charge in [-0.1, -0.05) is 56.3 Å². The van der Waals surface area contributed by atoms with Gasteiger partial charge in [0.2, 0.25) is 11.8 Å². The highest BCUT2D eigenvalue weighted by Crippen LogP contribution is 2.17. The van der Waals surface area contributed by atoms with Crippen molar-refractivity contribution in [3.8, 4) is 0 Å². The zero-order valence-corrected chi connectivity index (χ0v) is 17.0. The standard InChI is InChI=1S/C23H29FN2O2/c1-16(2)19-12-9-18(10-13-19)11-14-22(27)26(17(3)23(28)25-4)15-20-7-5-6-8-21(20)24/h5-10,12-13,16-17H,11,14-15H2,1-4H3,(H,25,28). The Morgan fingerprint density at radius 2 is 1.68 bits per heavy atom. The number of amides is 2. The van der Waals surface area contributed by atoms with Gasteiger partial charge in [-0.15, -0.1) is 0 Å². The van der Waals surface area contributed by atoms with Gasteiger partial charge >= 0.3 is 0 Å². The van der Waals surface area contributed by atoms with Gasteiger partial charge in [0.05, 0.1) is 0 Å².